The Labute approximate surface area is 412 Å². The fourth-order valence-corrected chi connectivity index (χ4v) is 8.54. The Kier molecular flexibility index (Phi) is 31.0. The summed E-state index contributed by atoms with van der Waals surface area (Å²) < 4.78 is 16.9. The maximum Gasteiger partial charge on any atom is 0.408 e. The standard InChI is InChI=1S/C54H86N4O11/c1-3-5-7-9-11-13-14-15-17-19-21-29-37-58(47(61)34-28-20-18-16-12-10-8-6-4-2)53-49(51(64)50(63)45(39-59)69-53)57-46(60)38-55-52(65)44(56-54(66)68-41-43-32-26-23-27-33-43)35-36-48(62)67-40-42-30-24-22-25-31-42/h22-27,30-33,44-45,49-51,53,59,63-64H,3-21,28-29,34-41H2,1-2H3,(H,55,65)(H,56,66)(H,57,60)/t44-,45+,49+,50+,51+,53+/m0/s1. The van der Waals surface area contributed by atoms with Crippen LogP contribution in [0.5, 0.6) is 0 Å². The summed E-state index contributed by atoms with van der Waals surface area (Å²) in [6.45, 7) is 3.39. The van der Waals surface area contributed by atoms with E-state index < -0.39 is 73.7 Å². The summed E-state index contributed by atoms with van der Waals surface area (Å²) in [5.41, 5.74) is 1.50. The molecule has 2 aromatic rings. The normalized spacial score (nSPS) is 18.2. The first-order valence-corrected chi connectivity index (χ1v) is 26.2. The lowest BCUT2D eigenvalue weighted by atomic mass is 9.94. The average molecular weight is 967 g/mol. The van der Waals surface area contributed by atoms with E-state index in [2.05, 4.69) is 29.8 Å². The van der Waals surface area contributed by atoms with E-state index in [9.17, 15) is 39.3 Å². The van der Waals surface area contributed by atoms with Gasteiger partial charge in [0.2, 0.25) is 17.7 Å². The average Bonchev–Trinajstić information content (AvgIpc) is 3.36. The van der Waals surface area contributed by atoms with Gasteiger partial charge in [0.15, 0.2) is 6.23 Å². The van der Waals surface area contributed by atoms with Gasteiger partial charge in [0.25, 0.3) is 0 Å². The Morgan fingerprint density at radius 3 is 1.65 bits per heavy atom. The summed E-state index contributed by atoms with van der Waals surface area (Å²) in [4.78, 5) is 68.5. The maximum absolute atomic E-state index is 14.1. The second-order valence-electron chi connectivity index (χ2n) is 18.5. The molecule has 3 rings (SSSR count). The van der Waals surface area contributed by atoms with Gasteiger partial charge in [-0.1, -0.05) is 197 Å². The number of alkyl carbamates (subject to hydrolysis) is 1. The molecule has 1 aliphatic rings. The number of esters is 1. The van der Waals surface area contributed by atoms with Crippen molar-refractivity contribution in [2.75, 3.05) is 19.7 Å². The lowest BCUT2D eigenvalue weighted by Gasteiger charge is -2.47. The predicted octanol–water partition coefficient (Wildman–Crippen LogP) is 8.30. The maximum atomic E-state index is 14.1. The molecule has 388 valence electrons. The van der Waals surface area contributed by atoms with E-state index >= 15 is 0 Å². The van der Waals surface area contributed by atoms with Gasteiger partial charge < -0.3 is 50.4 Å². The number of hydrogen-bond acceptors (Lipinski definition) is 11. The van der Waals surface area contributed by atoms with Crippen LogP contribution in [0.4, 0.5) is 4.79 Å². The lowest BCUT2D eigenvalue weighted by molar-refractivity contribution is -0.231. The summed E-state index contributed by atoms with van der Waals surface area (Å²) in [7, 11) is 0. The minimum absolute atomic E-state index is 0.0242. The smallest absolute Gasteiger partial charge is 0.408 e. The summed E-state index contributed by atoms with van der Waals surface area (Å²) in [5, 5.41) is 40.3. The minimum Gasteiger partial charge on any atom is -0.461 e. The van der Waals surface area contributed by atoms with Gasteiger partial charge in [-0.05, 0) is 30.4 Å². The number of ether oxygens (including phenoxy) is 3. The summed E-state index contributed by atoms with van der Waals surface area (Å²) >= 11 is 0. The lowest BCUT2D eigenvalue weighted by Crippen LogP contribution is -2.69. The molecule has 1 saturated heterocycles. The number of nitrogens with zero attached hydrogens (tertiary/aromatic N) is 1. The molecule has 0 aromatic heterocycles. The van der Waals surface area contributed by atoms with Crippen molar-refractivity contribution < 1.29 is 53.5 Å². The van der Waals surface area contributed by atoms with Crippen molar-refractivity contribution >= 4 is 29.8 Å². The van der Waals surface area contributed by atoms with E-state index in [0.717, 1.165) is 56.1 Å². The number of amides is 4. The minimum atomic E-state index is -1.64. The molecule has 1 aliphatic heterocycles. The molecular weight excluding hydrogens is 881 g/mol. The Bertz CT molecular complexity index is 1700. The van der Waals surface area contributed by atoms with Crippen LogP contribution in [0.3, 0.4) is 0 Å². The molecule has 0 unspecified atom stereocenters. The van der Waals surface area contributed by atoms with Crippen molar-refractivity contribution in [3.05, 3.63) is 71.8 Å². The highest BCUT2D eigenvalue weighted by atomic mass is 16.6. The summed E-state index contributed by atoms with van der Waals surface area (Å²) in [5.74, 6) is -2.39. The number of benzene rings is 2. The van der Waals surface area contributed by atoms with Crippen LogP contribution in [0.25, 0.3) is 0 Å². The van der Waals surface area contributed by atoms with Crippen molar-refractivity contribution in [3.8, 4) is 0 Å². The van der Waals surface area contributed by atoms with E-state index in [1.807, 2.05) is 24.3 Å². The quantitative estimate of drug-likeness (QED) is 0.0280. The third-order valence-electron chi connectivity index (χ3n) is 12.7. The molecule has 6 N–H and O–H groups in total. The zero-order chi connectivity index (χ0) is 49.9. The number of aliphatic hydroxyl groups excluding tert-OH is 3. The molecule has 1 fully saturated rings. The first-order chi connectivity index (χ1) is 33.6. The number of hydrogen-bond donors (Lipinski definition) is 6. The van der Waals surface area contributed by atoms with E-state index in [0.29, 0.717) is 12.8 Å². The fraction of sp³-hybridized carbons (Fsp3) is 0.685. The van der Waals surface area contributed by atoms with Crippen LogP contribution in [0.15, 0.2) is 60.7 Å². The van der Waals surface area contributed by atoms with Gasteiger partial charge in [0.05, 0.1) is 13.2 Å². The highest BCUT2D eigenvalue weighted by Crippen LogP contribution is 2.26. The number of nitrogens with one attached hydrogen (secondary N) is 3. The highest BCUT2D eigenvalue weighted by Gasteiger charge is 2.48. The van der Waals surface area contributed by atoms with Crippen LogP contribution >= 0.6 is 0 Å². The zero-order valence-corrected chi connectivity index (χ0v) is 41.8. The second-order valence-corrected chi connectivity index (χ2v) is 18.5. The number of carbonyl (C=O) groups is 5. The van der Waals surface area contributed by atoms with E-state index in [1.54, 1.807) is 36.4 Å². The van der Waals surface area contributed by atoms with Crippen molar-refractivity contribution in [1.82, 2.24) is 20.9 Å². The van der Waals surface area contributed by atoms with E-state index in [4.69, 9.17) is 14.2 Å². The molecule has 0 bridgehead atoms. The molecule has 15 nitrogen and oxygen atoms in total. The second kappa shape index (κ2) is 36.4. The Morgan fingerprint density at radius 1 is 0.638 bits per heavy atom. The van der Waals surface area contributed by atoms with Crippen LogP contribution in [-0.2, 0) is 46.6 Å². The van der Waals surface area contributed by atoms with Gasteiger partial charge in [-0.3, -0.25) is 19.2 Å². The summed E-state index contributed by atoms with van der Waals surface area (Å²) in [6.07, 6.45) is 16.6. The first-order valence-electron chi connectivity index (χ1n) is 26.2. The third-order valence-corrected chi connectivity index (χ3v) is 12.7. The van der Waals surface area contributed by atoms with Crippen LogP contribution in [0.2, 0.25) is 0 Å². The van der Waals surface area contributed by atoms with E-state index in [-0.39, 0.29) is 44.9 Å². The van der Waals surface area contributed by atoms with Crippen molar-refractivity contribution in [2.24, 2.45) is 0 Å². The Hall–Kier alpha value is -4.57. The Morgan fingerprint density at radius 2 is 1.13 bits per heavy atom. The number of carbonyl (C=O) groups excluding carboxylic acids is 5. The SMILES string of the molecule is CCCCCCCCCCCCCCN(C(=O)CCCCCCCCCCC)[C@@H]1O[C@H](CO)[C@@H](O)[C@H](O)[C@H]1NC(=O)CNC(=O)[C@H](CCC(=O)OCc1ccccc1)NC(=O)OCc1ccccc1. The molecule has 0 spiro atoms. The fourth-order valence-electron chi connectivity index (χ4n) is 8.54. The van der Waals surface area contributed by atoms with Gasteiger partial charge in [-0.2, -0.15) is 0 Å². The molecule has 6 atom stereocenters. The Balaban J connectivity index is 1.67. The monoisotopic (exact) mass is 967 g/mol. The van der Waals surface area contributed by atoms with E-state index in [1.165, 1.54) is 81.9 Å². The number of aliphatic hydroxyl groups is 3. The summed E-state index contributed by atoms with van der Waals surface area (Å²) in [6, 6.07) is 15.4. The largest absolute Gasteiger partial charge is 0.461 e. The van der Waals surface area contributed by atoms with Crippen LogP contribution in [0.1, 0.15) is 179 Å². The third kappa shape index (κ3) is 24.7. The van der Waals surface area contributed by atoms with Crippen LogP contribution in [0, 0.1) is 0 Å². The van der Waals surface area contributed by atoms with Gasteiger partial charge in [0, 0.05) is 19.4 Å². The van der Waals surface area contributed by atoms with Gasteiger partial charge in [0.1, 0.15) is 43.6 Å². The molecule has 0 radical (unpaired) electrons. The van der Waals surface area contributed by atoms with Gasteiger partial charge in [-0.15, -0.1) is 0 Å². The molecule has 2 aromatic carbocycles. The van der Waals surface area contributed by atoms with Crippen LogP contribution < -0.4 is 16.0 Å². The molecule has 0 saturated carbocycles. The molecular formula is C54H86N4O11. The molecule has 69 heavy (non-hydrogen) atoms. The predicted molar refractivity (Wildman–Crippen MR) is 266 cm³/mol. The number of unbranched alkanes of at least 4 members (excludes halogenated alkanes) is 19. The van der Waals surface area contributed by atoms with Gasteiger partial charge >= 0.3 is 12.1 Å². The first kappa shape index (κ1) is 58.7. The van der Waals surface area contributed by atoms with Crippen molar-refractivity contribution in [3.63, 3.8) is 0 Å². The number of rotatable bonds is 37. The molecule has 1 heterocycles. The van der Waals surface area contributed by atoms with Crippen molar-refractivity contribution in [2.45, 2.75) is 218 Å². The van der Waals surface area contributed by atoms with Gasteiger partial charge in [-0.25, -0.2) is 4.79 Å². The molecule has 4 amide bonds. The zero-order valence-electron chi connectivity index (χ0n) is 41.8. The highest BCUT2D eigenvalue weighted by molar-refractivity contribution is 5.90. The molecule has 0 aliphatic carbocycles. The molecule has 15 heteroatoms. The van der Waals surface area contributed by atoms with Crippen molar-refractivity contribution in [1.29, 1.82) is 0 Å². The van der Waals surface area contributed by atoms with Crippen LogP contribution in [-0.4, -0.2) is 106 Å². The topological polar surface area (TPSA) is 213 Å².